The van der Waals surface area contributed by atoms with E-state index in [9.17, 15) is 4.79 Å². The zero-order chi connectivity index (χ0) is 17.8. The zero-order valence-corrected chi connectivity index (χ0v) is 15.6. The van der Waals surface area contributed by atoms with Crippen molar-refractivity contribution in [3.05, 3.63) is 35.5 Å². The Bertz CT molecular complexity index is 891. The molecular formula is C18H18N2O3S2. The second-order valence-electron chi connectivity index (χ2n) is 5.48. The number of aliphatic carboxylic acids is 1. The summed E-state index contributed by atoms with van der Waals surface area (Å²) in [6.45, 7) is 1.88. The SMILES string of the molecule is COc1ccc(-c2csc3nc(C)nc(SCCCC(=O)O)c23)cc1. The summed E-state index contributed by atoms with van der Waals surface area (Å²) in [6, 6.07) is 7.93. The van der Waals surface area contributed by atoms with Crippen LogP contribution in [-0.2, 0) is 4.79 Å². The number of thiophene rings is 1. The highest BCUT2D eigenvalue weighted by Gasteiger charge is 2.15. The van der Waals surface area contributed by atoms with Gasteiger partial charge in [0, 0.05) is 23.1 Å². The average molecular weight is 374 g/mol. The number of carboxylic acids is 1. The molecule has 0 bridgehead atoms. The largest absolute Gasteiger partial charge is 0.497 e. The fourth-order valence-corrected chi connectivity index (χ4v) is 4.58. The first-order valence-electron chi connectivity index (χ1n) is 7.83. The van der Waals surface area contributed by atoms with E-state index in [0.29, 0.717) is 6.42 Å². The number of aryl methyl sites for hydroxylation is 1. The number of rotatable bonds is 7. The highest BCUT2D eigenvalue weighted by Crippen LogP contribution is 2.38. The third kappa shape index (κ3) is 4.11. The number of aromatic nitrogens is 2. The Morgan fingerprint density at radius 2 is 2.04 bits per heavy atom. The van der Waals surface area contributed by atoms with E-state index in [4.69, 9.17) is 9.84 Å². The molecule has 0 saturated heterocycles. The molecule has 0 aliphatic rings. The predicted molar refractivity (Wildman–Crippen MR) is 102 cm³/mol. The monoisotopic (exact) mass is 374 g/mol. The van der Waals surface area contributed by atoms with Gasteiger partial charge in [-0.25, -0.2) is 9.97 Å². The smallest absolute Gasteiger partial charge is 0.303 e. The zero-order valence-electron chi connectivity index (χ0n) is 14.0. The summed E-state index contributed by atoms with van der Waals surface area (Å²) >= 11 is 3.20. The number of fused-ring (bicyclic) bond motifs is 1. The maximum absolute atomic E-state index is 10.7. The maximum Gasteiger partial charge on any atom is 0.303 e. The summed E-state index contributed by atoms with van der Waals surface area (Å²) in [7, 11) is 1.65. The van der Waals surface area contributed by atoms with Gasteiger partial charge in [-0.3, -0.25) is 4.79 Å². The summed E-state index contributed by atoms with van der Waals surface area (Å²) in [5.74, 6) is 1.50. The van der Waals surface area contributed by atoms with Crippen LogP contribution in [0.3, 0.4) is 0 Å². The number of nitrogens with zero attached hydrogens (tertiary/aromatic N) is 2. The molecule has 0 amide bonds. The van der Waals surface area contributed by atoms with Crippen molar-refractivity contribution in [1.29, 1.82) is 0 Å². The van der Waals surface area contributed by atoms with Gasteiger partial charge >= 0.3 is 5.97 Å². The molecule has 0 aliphatic heterocycles. The number of benzene rings is 1. The van der Waals surface area contributed by atoms with Crippen molar-refractivity contribution in [1.82, 2.24) is 9.97 Å². The number of carbonyl (C=O) groups is 1. The Balaban J connectivity index is 1.95. The fourth-order valence-electron chi connectivity index (χ4n) is 2.49. The summed E-state index contributed by atoms with van der Waals surface area (Å²) in [4.78, 5) is 20.8. The molecule has 0 spiro atoms. The highest BCUT2D eigenvalue weighted by molar-refractivity contribution is 7.99. The molecule has 0 saturated carbocycles. The van der Waals surface area contributed by atoms with Crippen LogP contribution in [0.4, 0.5) is 0 Å². The first-order chi connectivity index (χ1) is 12.1. The lowest BCUT2D eigenvalue weighted by atomic mass is 10.1. The number of hydrogen-bond donors (Lipinski definition) is 1. The minimum absolute atomic E-state index is 0.176. The summed E-state index contributed by atoms with van der Waals surface area (Å²) in [5.41, 5.74) is 2.19. The summed E-state index contributed by atoms with van der Waals surface area (Å²) in [6.07, 6.45) is 0.793. The lowest BCUT2D eigenvalue weighted by molar-refractivity contribution is -0.137. The van der Waals surface area contributed by atoms with E-state index < -0.39 is 5.97 Å². The van der Waals surface area contributed by atoms with E-state index in [2.05, 4.69) is 15.3 Å². The molecule has 0 radical (unpaired) electrons. The molecule has 0 unspecified atom stereocenters. The third-order valence-electron chi connectivity index (χ3n) is 3.69. The van der Waals surface area contributed by atoms with Gasteiger partial charge in [-0.15, -0.1) is 23.1 Å². The van der Waals surface area contributed by atoms with E-state index >= 15 is 0 Å². The molecular weight excluding hydrogens is 356 g/mol. The summed E-state index contributed by atoms with van der Waals surface area (Å²) < 4.78 is 5.22. The van der Waals surface area contributed by atoms with Crippen molar-refractivity contribution < 1.29 is 14.6 Å². The molecule has 3 rings (SSSR count). The molecule has 1 N–H and O–H groups in total. The first-order valence-corrected chi connectivity index (χ1v) is 9.70. The Morgan fingerprint density at radius 3 is 2.72 bits per heavy atom. The standard InChI is InChI=1S/C18H18N2O3S2/c1-11-19-17(24-9-3-4-15(21)22)16-14(10-25-18(16)20-11)12-5-7-13(23-2)8-6-12/h5-8,10H,3-4,9H2,1-2H3,(H,21,22). The quantitative estimate of drug-likeness (QED) is 0.369. The van der Waals surface area contributed by atoms with Crippen LogP contribution < -0.4 is 4.74 Å². The maximum atomic E-state index is 10.7. The van der Waals surface area contributed by atoms with Crippen LogP contribution in [0, 0.1) is 6.92 Å². The lowest BCUT2D eigenvalue weighted by Crippen LogP contribution is -1.96. The molecule has 5 nitrogen and oxygen atoms in total. The van der Waals surface area contributed by atoms with Crippen molar-refractivity contribution in [2.24, 2.45) is 0 Å². The molecule has 130 valence electrons. The highest BCUT2D eigenvalue weighted by atomic mass is 32.2. The number of hydrogen-bond acceptors (Lipinski definition) is 6. The Labute approximate surface area is 154 Å². The van der Waals surface area contributed by atoms with Gasteiger partial charge in [0.25, 0.3) is 0 Å². The van der Waals surface area contributed by atoms with Crippen LogP contribution in [0.2, 0.25) is 0 Å². The topological polar surface area (TPSA) is 72.3 Å². The molecule has 3 aromatic rings. The minimum atomic E-state index is -0.765. The van der Waals surface area contributed by atoms with E-state index in [0.717, 1.165) is 43.7 Å². The Hall–Kier alpha value is -2.12. The van der Waals surface area contributed by atoms with Gasteiger partial charge in [0.15, 0.2) is 0 Å². The molecule has 0 aliphatic carbocycles. The minimum Gasteiger partial charge on any atom is -0.497 e. The van der Waals surface area contributed by atoms with Gasteiger partial charge in [0.05, 0.1) is 12.5 Å². The average Bonchev–Trinajstić information content (AvgIpc) is 3.02. The van der Waals surface area contributed by atoms with E-state index in [1.165, 1.54) is 0 Å². The lowest BCUT2D eigenvalue weighted by Gasteiger charge is -2.07. The number of ether oxygens (including phenoxy) is 1. The van der Waals surface area contributed by atoms with Crippen LogP contribution in [0.5, 0.6) is 5.75 Å². The predicted octanol–water partition coefficient (Wildman–Crippen LogP) is 4.63. The first kappa shape index (κ1) is 17.7. The van der Waals surface area contributed by atoms with E-state index in [-0.39, 0.29) is 6.42 Å². The van der Waals surface area contributed by atoms with Gasteiger partial charge in [-0.05, 0) is 31.0 Å². The number of carboxylic acid groups (broad SMARTS) is 1. The second-order valence-corrected chi connectivity index (χ2v) is 7.42. The molecule has 0 fully saturated rings. The Kier molecular flexibility index (Phi) is 5.55. The third-order valence-corrected chi connectivity index (χ3v) is 5.62. The van der Waals surface area contributed by atoms with Gasteiger partial charge in [-0.1, -0.05) is 12.1 Å². The molecule has 1 aromatic carbocycles. The van der Waals surface area contributed by atoms with Crippen molar-refractivity contribution in [2.75, 3.05) is 12.9 Å². The van der Waals surface area contributed by atoms with Gasteiger partial charge in [0.2, 0.25) is 0 Å². The van der Waals surface area contributed by atoms with E-state index in [1.807, 2.05) is 31.2 Å². The molecule has 2 heterocycles. The second kappa shape index (κ2) is 7.84. The fraction of sp³-hybridized carbons (Fsp3) is 0.278. The molecule has 7 heteroatoms. The van der Waals surface area contributed by atoms with Crippen LogP contribution in [0.15, 0.2) is 34.7 Å². The van der Waals surface area contributed by atoms with Crippen LogP contribution in [0.1, 0.15) is 18.7 Å². The normalized spacial score (nSPS) is 11.0. The molecule has 0 atom stereocenters. The molecule has 2 aromatic heterocycles. The van der Waals surface area contributed by atoms with Crippen molar-refractivity contribution in [3.63, 3.8) is 0 Å². The van der Waals surface area contributed by atoms with Gasteiger partial charge in [-0.2, -0.15) is 0 Å². The van der Waals surface area contributed by atoms with E-state index in [1.54, 1.807) is 30.2 Å². The van der Waals surface area contributed by atoms with Crippen LogP contribution in [0.25, 0.3) is 21.3 Å². The van der Waals surface area contributed by atoms with Crippen molar-refractivity contribution >= 4 is 39.3 Å². The summed E-state index contributed by atoms with van der Waals surface area (Å²) in [5, 5.41) is 12.8. The van der Waals surface area contributed by atoms with Crippen LogP contribution >= 0.6 is 23.1 Å². The van der Waals surface area contributed by atoms with Crippen LogP contribution in [-0.4, -0.2) is 33.9 Å². The van der Waals surface area contributed by atoms with Gasteiger partial charge < -0.3 is 9.84 Å². The van der Waals surface area contributed by atoms with Crippen molar-refractivity contribution in [2.45, 2.75) is 24.8 Å². The molecule has 25 heavy (non-hydrogen) atoms. The van der Waals surface area contributed by atoms with Gasteiger partial charge in [0.1, 0.15) is 21.4 Å². The van der Waals surface area contributed by atoms with Crippen molar-refractivity contribution in [3.8, 4) is 16.9 Å². The number of methoxy groups -OCH3 is 1. The number of thioether (sulfide) groups is 1. The Morgan fingerprint density at radius 1 is 1.28 bits per heavy atom.